The van der Waals surface area contributed by atoms with Crippen molar-refractivity contribution < 1.29 is 19.2 Å². The van der Waals surface area contributed by atoms with Crippen LogP contribution in [0.3, 0.4) is 0 Å². The third-order valence-corrected chi connectivity index (χ3v) is 6.83. The van der Waals surface area contributed by atoms with Crippen molar-refractivity contribution in [2.45, 2.75) is 44.9 Å². The monoisotopic (exact) mass is 454 g/mol. The lowest BCUT2D eigenvalue weighted by molar-refractivity contribution is -0.121. The number of amides is 4. The molecule has 8 nitrogen and oxygen atoms in total. The smallest absolute Gasteiger partial charge is 0.268 e. The van der Waals surface area contributed by atoms with Gasteiger partial charge in [-0.15, -0.1) is 11.3 Å². The Bertz CT molecular complexity index is 1080. The molecule has 168 valence electrons. The lowest BCUT2D eigenvalue weighted by atomic mass is 10.0. The fraction of sp³-hybridized carbons (Fsp3) is 0.391. The van der Waals surface area contributed by atoms with E-state index in [1.165, 1.54) is 17.4 Å². The lowest BCUT2D eigenvalue weighted by Gasteiger charge is -2.15. The van der Waals surface area contributed by atoms with Gasteiger partial charge in [0, 0.05) is 37.4 Å². The molecule has 2 N–H and O–H groups in total. The van der Waals surface area contributed by atoms with E-state index in [9.17, 15) is 19.2 Å². The second kappa shape index (κ2) is 9.22. The minimum atomic E-state index is -0.388. The summed E-state index contributed by atoms with van der Waals surface area (Å²) in [6, 6.07) is 6.45. The Hall–Kier alpha value is -3.04. The molecule has 2 aliphatic rings. The highest BCUT2D eigenvalue weighted by molar-refractivity contribution is 7.17. The molecule has 2 heterocycles. The molecule has 1 aliphatic carbocycles. The molecule has 1 fully saturated rings. The second-order valence-corrected chi connectivity index (χ2v) is 9.34. The topological polar surface area (TPSA) is 98.8 Å². The van der Waals surface area contributed by atoms with Crippen molar-refractivity contribution in [3.63, 3.8) is 0 Å². The molecule has 2 aromatic rings. The van der Waals surface area contributed by atoms with E-state index in [4.69, 9.17) is 0 Å². The van der Waals surface area contributed by atoms with E-state index >= 15 is 0 Å². The summed E-state index contributed by atoms with van der Waals surface area (Å²) in [5.41, 5.74) is 5.04. The predicted octanol–water partition coefficient (Wildman–Crippen LogP) is 3.13. The van der Waals surface area contributed by atoms with Crippen LogP contribution in [0.25, 0.3) is 0 Å². The zero-order valence-corrected chi connectivity index (χ0v) is 19.0. The Morgan fingerprint density at radius 1 is 0.969 bits per heavy atom. The zero-order chi connectivity index (χ0) is 22.8. The Balaban J connectivity index is 1.63. The van der Waals surface area contributed by atoms with Crippen LogP contribution in [0.5, 0.6) is 0 Å². The average Bonchev–Trinajstić information content (AvgIpc) is 3.16. The minimum absolute atomic E-state index is 0.181. The minimum Gasteiger partial charge on any atom is -0.313 e. The van der Waals surface area contributed by atoms with Gasteiger partial charge in [-0.3, -0.25) is 29.5 Å². The maximum absolute atomic E-state index is 13.1. The van der Waals surface area contributed by atoms with E-state index in [2.05, 4.69) is 10.7 Å². The van der Waals surface area contributed by atoms with Gasteiger partial charge in [0.25, 0.3) is 11.8 Å². The predicted molar refractivity (Wildman–Crippen MR) is 123 cm³/mol. The number of aryl methyl sites for hydroxylation is 1. The van der Waals surface area contributed by atoms with Crippen LogP contribution in [0.4, 0.5) is 10.7 Å². The summed E-state index contributed by atoms with van der Waals surface area (Å²) in [5, 5.41) is 5.02. The largest absolute Gasteiger partial charge is 0.313 e. The van der Waals surface area contributed by atoms with Crippen molar-refractivity contribution in [1.82, 2.24) is 10.4 Å². The summed E-state index contributed by atoms with van der Waals surface area (Å²) in [4.78, 5) is 52.4. The summed E-state index contributed by atoms with van der Waals surface area (Å²) < 4.78 is 0. The molecule has 1 aromatic heterocycles. The maximum atomic E-state index is 13.1. The molecular formula is C23H26N4O4S. The molecule has 0 unspecified atom stereocenters. The van der Waals surface area contributed by atoms with E-state index in [-0.39, 0.29) is 36.5 Å². The second-order valence-electron chi connectivity index (χ2n) is 8.23. The number of rotatable bonds is 5. The van der Waals surface area contributed by atoms with Crippen LogP contribution in [0.15, 0.2) is 24.3 Å². The number of anilines is 2. The van der Waals surface area contributed by atoms with Gasteiger partial charge in [-0.05, 0) is 49.4 Å². The summed E-state index contributed by atoms with van der Waals surface area (Å²) in [6.45, 7) is 0. The molecule has 1 aromatic carbocycles. The molecule has 0 atom stereocenters. The van der Waals surface area contributed by atoms with Gasteiger partial charge in [0.15, 0.2) is 0 Å². The summed E-state index contributed by atoms with van der Waals surface area (Å²) in [6.07, 6.45) is 5.27. The van der Waals surface area contributed by atoms with E-state index in [1.807, 2.05) is 0 Å². The van der Waals surface area contributed by atoms with Gasteiger partial charge in [0.05, 0.1) is 11.3 Å². The van der Waals surface area contributed by atoms with Crippen molar-refractivity contribution in [3.05, 3.63) is 45.8 Å². The van der Waals surface area contributed by atoms with Crippen LogP contribution in [0.1, 0.15) is 63.3 Å². The molecule has 1 saturated heterocycles. The average molecular weight is 455 g/mol. The Kier molecular flexibility index (Phi) is 6.38. The molecule has 9 heteroatoms. The number of carbonyl (C=O) groups excluding carboxylic acids is 4. The molecule has 4 rings (SSSR count). The van der Waals surface area contributed by atoms with Gasteiger partial charge in [0.2, 0.25) is 11.8 Å². The normalized spacial score (nSPS) is 16.2. The molecule has 32 heavy (non-hydrogen) atoms. The van der Waals surface area contributed by atoms with Crippen LogP contribution in [0, 0.1) is 0 Å². The standard InChI is InChI=1S/C23H26N4O4S/c1-26(2)25-22(31)20-16-9-4-3-5-10-17(16)32-23(20)24-21(30)14-7-6-8-15(13-14)27-18(28)11-12-19(27)29/h6-8,13H,3-5,9-12H2,1-2H3,(H,24,30)(H,25,31). The van der Waals surface area contributed by atoms with Crippen LogP contribution < -0.4 is 15.6 Å². The third-order valence-electron chi connectivity index (χ3n) is 5.62. The number of nitrogens with zero attached hydrogens (tertiary/aromatic N) is 2. The van der Waals surface area contributed by atoms with Gasteiger partial charge in [-0.1, -0.05) is 12.5 Å². The van der Waals surface area contributed by atoms with Crippen molar-refractivity contribution in [3.8, 4) is 0 Å². The van der Waals surface area contributed by atoms with Crippen LogP contribution in [-0.4, -0.2) is 42.7 Å². The highest BCUT2D eigenvalue weighted by Crippen LogP contribution is 2.38. The number of fused-ring (bicyclic) bond motifs is 1. The van der Waals surface area contributed by atoms with Gasteiger partial charge >= 0.3 is 0 Å². The number of benzene rings is 1. The SMILES string of the molecule is CN(C)NC(=O)c1c(NC(=O)c2cccc(N3C(=O)CCC3=O)c2)sc2c1CCCCC2. The Morgan fingerprint density at radius 2 is 1.69 bits per heavy atom. The first kappa shape index (κ1) is 22.2. The third kappa shape index (κ3) is 4.44. The summed E-state index contributed by atoms with van der Waals surface area (Å²) in [5.74, 6) is -1.16. The van der Waals surface area contributed by atoms with Crippen molar-refractivity contribution >= 4 is 45.7 Å². The van der Waals surface area contributed by atoms with Crippen molar-refractivity contribution in [2.75, 3.05) is 24.3 Å². The summed E-state index contributed by atoms with van der Waals surface area (Å²) in [7, 11) is 3.49. The highest BCUT2D eigenvalue weighted by atomic mass is 32.1. The number of hydrazine groups is 1. The number of hydrogen-bond acceptors (Lipinski definition) is 6. The van der Waals surface area contributed by atoms with Gasteiger partial charge in [-0.25, -0.2) is 5.01 Å². The van der Waals surface area contributed by atoms with E-state index in [0.29, 0.717) is 21.8 Å². The number of thiophene rings is 1. The van der Waals surface area contributed by atoms with Gasteiger partial charge in [-0.2, -0.15) is 0 Å². The van der Waals surface area contributed by atoms with Crippen LogP contribution >= 0.6 is 11.3 Å². The van der Waals surface area contributed by atoms with Crippen LogP contribution in [-0.2, 0) is 22.4 Å². The quantitative estimate of drug-likeness (QED) is 0.411. The fourth-order valence-corrected chi connectivity index (χ4v) is 5.44. The van der Waals surface area contributed by atoms with E-state index < -0.39 is 0 Å². The number of hydrogen-bond donors (Lipinski definition) is 2. The molecule has 0 saturated carbocycles. The Morgan fingerprint density at radius 3 is 2.41 bits per heavy atom. The summed E-state index contributed by atoms with van der Waals surface area (Å²) >= 11 is 1.45. The van der Waals surface area contributed by atoms with Crippen LogP contribution in [0.2, 0.25) is 0 Å². The Labute approximate surface area is 190 Å². The van der Waals surface area contributed by atoms with Gasteiger partial charge < -0.3 is 5.32 Å². The van der Waals surface area contributed by atoms with Crippen molar-refractivity contribution in [1.29, 1.82) is 0 Å². The highest BCUT2D eigenvalue weighted by Gasteiger charge is 2.31. The first-order valence-electron chi connectivity index (χ1n) is 10.7. The zero-order valence-electron chi connectivity index (χ0n) is 18.2. The maximum Gasteiger partial charge on any atom is 0.268 e. The number of imide groups is 1. The molecule has 0 bridgehead atoms. The molecule has 0 radical (unpaired) electrons. The van der Waals surface area contributed by atoms with E-state index in [1.54, 1.807) is 37.3 Å². The van der Waals surface area contributed by atoms with E-state index in [0.717, 1.165) is 47.4 Å². The van der Waals surface area contributed by atoms with Crippen molar-refractivity contribution in [2.24, 2.45) is 0 Å². The first-order chi connectivity index (χ1) is 15.3. The fourth-order valence-electron chi connectivity index (χ4n) is 4.16. The lowest BCUT2D eigenvalue weighted by Crippen LogP contribution is -2.36. The number of nitrogens with one attached hydrogen (secondary N) is 2. The molecule has 4 amide bonds. The van der Waals surface area contributed by atoms with Gasteiger partial charge in [0.1, 0.15) is 5.00 Å². The molecular weight excluding hydrogens is 428 g/mol. The molecule has 1 aliphatic heterocycles. The first-order valence-corrected chi connectivity index (χ1v) is 11.6. The molecule has 0 spiro atoms. The number of carbonyl (C=O) groups is 4.